The quantitative estimate of drug-likeness (QED) is 0.704. The lowest BCUT2D eigenvalue weighted by atomic mass is 9.96. The molecule has 1 saturated heterocycles. The Morgan fingerprint density at radius 2 is 1.94 bits per heavy atom. The molecule has 0 bridgehead atoms. The SMILES string of the molecule is CCC(=O)Nc1ccc2c(c1)C(=O)N(C)C[C@H](OC)[C@@H](C)CN(CC1CCOCC1)[C@@H](C)CO2. The number of benzene rings is 1. The molecule has 1 aromatic rings. The Kier molecular flexibility index (Phi) is 9.74. The first-order chi connectivity index (χ1) is 16.3. The van der Waals surface area contributed by atoms with Crippen molar-refractivity contribution in [3.63, 3.8) is 0 Å². The number of nitrogens with one attached hydrogen (secondary N) is 1. The second-order valence-corrected chi connectivity index (χ2v) is 9.72. The summed E-state index contributed by atoms with van der Waals surface area (Å²) in [6.45, 7) is 10.6. The van der Waals surface area contributed by atoms with Crippen LogP contribution in [0.5, 0.6) is 5.75 Å². The van der Waals surface area contributed by atoms with E-state index in [0.29, 0.717) is 42.5 Å². The van der Waals surface area contributed by atoms with E-state index in [2.05, 4.69) is 24.1 Å². The van der Waals surface area contributed by atoms with Gasteiger partial charge < -0.3 is 24.4 Å². The zero-order valence-electron chi connectivity index (χ0n) is 21.3. The molecule has 0 radical (unpaired) electrons. The van der Waals surface area contributed by atoms with Crippen LogP contribution in [0.25, 0.3) is 0 Å². The number of hydrogen-bond donors (Lipinski definition) is 1. The highest BCUT2D eigenvalue weighted by Crippen LogP contribution is 2.27. The molecule has 8 heteroatoms. The molecule has 190 valence electrons. The molecule has 8 nitrogen and oxygen atoms in total. The molecule has 0 spiro atoms. The van der Waals surface area contributed by atoms with Crippen LogP contribution >= 0.6 is 0 Å². The van der Waals surface area contributed by atoms with Gasteiger partial charge in [-0.3, -0.25) is 14.5 Å². The van der Waals surface area contributed by atoms with Crippen LogP contribution in [0.1, 0.15) is 50.4 Å². The molecule has 2 heterocycles. The second-order valence-electron chi connectivity index (χ2n) is 9.72. The summed E-state index contributed by atoms with van der Waals surface area (Å²) in [5.74, 6) is 1.13. The van der Waals surface area contributed by atoms with Gasteiger partial charge in [0.25, 0.3) is 5.91 Å². The molecule has 3 rings (SSSR count). The van der Waals surface area contributed by atoms with Crippen LogP contribution in [0.15, 0.2) is 18.2 Å². The van der Waals surface area contributed by atoms with E-state index in [-0.39, 0.29) is 29.9 Å². The molecule has 0 unspecified atom stereocenters. The summed E-state index contributed by atoms with van der Waals surface area (Å²) in [5, 5.41) is 2.84. The van der Waals surface area contributed by atoms with Gasteiger partial charge in [-0.15, -0.1) is 0 Å². The average molecular weight is 476 g/mol. The normalized spacial score (nSPS) is 25.6. The minimum absolute atomic E-state index is 0.0925. The van der Waals surface area contributed by atoms with Gasteiger partial charge in [-0.2, -0.15) is 0 Å². The Morgan fingerprint density at radius 3 is 2.62 bits per heavy atom. The molecule has 0 aliphatic carbocycles. The van der Waals surface area contributed by atoms with Crippen molar-refractivity contribution in [1.82, 2.24) is 9.80 Å². The van der Waals surface area contributed by atoms with E-state index in [1.165, 1.54) is 0 Å². The lowest BCUT2D eigenvalue weighted by Crippen LogP contribution is -2.48. The first-order valence-electron chi connectivity index (χ1n) is 12.5. The molecule has 0 aromatic heterocycles. The molecule has 3 atom stereocenters. The smallest absolute Gasteiger partial charge is 0.257 e. The number of hydrogen-bond acceptors (Lipinski definition) is 6. The fourth-order valence-corrected chi connectivity index (χ4v) is 4.69. The third-order valence-corrected chi connectivity index (χ3v) is 7.01. The maximum Gasteiger partial charge on any atom is 0.257 e. The Balaban J connectivity index is 1.88. The second kappa shape index (κ2) is 12.5. The molecule has 0 saturated carbocycles. The number of methoxy groups -OCH3 is 1. The van der Waals surface area contributed by atoms with E-state index >= 15 is 0 Å². The van der Waals surface area contributed by atoms with E-state index < -0.39 is 0 Å². The summed E-state index contributed by atoms with van der Waals surface area (Å²) in [4.78, 5) is 29.5. The minimum atomic E-state index is -0.149. The van der Waals surface area contributed by atoms with Crippen LogP contribution in [0.3, 0.4) is 0 Å². The lowest BCUT2D eigenvalue weighted by Gasteiger charge is -2.38. The number of anilines is 1. The van der Waals surface area contributed by atoms with Crippen LogP contribution in [0, 0.1) is 11.8 Å². The predicted octanol–water partition coefficient (Wildman–Crippen LogP) is 3.27. The summed E-state index contributed by atoms with van der Waals surface area (Å²) in [7, 11) is 3.50. The molecule has 1 N–H and O–H groups in total. The highest BCUT2D eigenvalue weighted by Gasteiger charge is 2.30. The fourth-order valence-electron chi connectivity index (χ4n) is 4.69. The summed E-state index contributed by atoms with van der Waals surface area (Å²) in [6.07, 6.45) is 2.44. The highest BCUT2D eigenvalue weighted by molar-refractivity contribution is 5.99. The van der Waals surface area contributed by atoms with Crippen molar-refractivity contribution in [2.45, 2.75) is 52.2 Å². The topological polar surface area (TPSA) is 80.3 Å². The number of carbonyl (C=O) groups is 2. The highest BCUT2D eigenvalue weighted by atomic mass is 16.5. The minimum Gasteiger partial charge on any atom is -0.491 e. The molecule has 34 heavy (non-hydrogen) atoms. The van der Waals surface area contributed by atoms with Crippen molar-refractivity contribution in [3.05, 3.63) is 23.8 Å². The Morgan fingerprint density at radius 1 is 1.21 bits per heavy atom. The summed E-state index contributed by atoms with van der Waals surface area (Å²) in [6, 6.07) is 5.45. The van der Waals surface area contributed by atoms with Crippen molar-refractivity contribution < 1.29 is 23.8 Å². The van der Waals surface area contributed by atoms with Crippen LogP contribution in [-0.4, -0.2) is 87.4 Å². The van der Waals surface area contributed by atoms with E-state index in [1.54, 1.807) is 44.2 Å². The molecule has 1 aromatic carbocycles. The van der Waals surface area contributed by atoms with Gasteiger partial charge in [0.2, 0.25) is 5.91 Å². The van der Waals surface area contributed by atoms with Gasteiger partial charge >= 0.3 is 0 Å². The predicted molar refractivity (Wildman–Crippen MR) is 132 cm³/mol. The van der Waals surface area contributed by atoms with Crippen LogP contribution in [0.2, 0.25) is 0 Å². The van der Waals surface area contributed by atoms with E-state index in [1.807, 2.05) is 0 Å². The number of amides is 2. The number of fused-ring (bicyclic) bond motifs is 1. The molecule has 2 amide bonds. The van der Waals surface area contributed by atoms with Gasteiger partial charge in [0.05, 0.1) is 11.7 Å². The van der Waals surface area contributed by atoms with E-state index in [9.17, 15) is 9.59 Å². The Bertz CT molecular complexity index is 827. The van der Waals surface area contributed by atoms with Gasteiger partial charge in [-0.1, -0.05) is 13.8 Å². The third kappa shape index (κ3) is 6.93. The van der Waals surface area contributed by atoms with E-state index in [4.69, 9.17) is 14.2 Å². The van der Waals surface area contributed by atoms with Gasteiger partial charge in [0.1, 0.15) is 12.4 Å². The van der Waals surface area contributed by atoms with Crippen molar-refractivity contribution in [3.8, 4) is 5.75 Å². The zero-order chi connectivity index (χ0) is 24.7. The largest absolute Gasteiger partial charge is 0.491 e. The number of rotatable bonds is 5. The van der Waals surface area contributed by atoms with Gasteiger partial charge in [0.15, 0.2) is 0 Å². The maximum absolute atomic E-state index is 13.4. The Labute approximate surface area is 203 Å². The number of ether oxygens (including phenoxy) is 3. The summed E-state index contributed by atoms with van der Waals surface area (Å²) >= 11 is 0. The first-order valence-corrected chi connectivity index (χ1v) is 12.5. The Hall–Kier alpha value is -2.16. The zero-order valence-corrected chi connectivity index (χ0v) is 21.3. The number of nitrogens with zero attached hydrogens (tertiary/aromatic N) is 2. The van der Waals surface area contributed by atoms with Gasteiger partial charge in [-0.05, 0) is 49.8 Å². The number of carbonyl (C=O) groups excluding carboxylic acids is 2. The lowest BCUT2D eigenvalue weighted by molar-refractivity contribution is -0.115. The van der Waals surface area contributed by atoms with Gasteiger partial charge in [0, 0.05) is 65.2 Å². The standard InChI is InChI=1S/C26H41N3O5/c1-6-25(30)27-21-7-8-23-22(13-21)26(31)28(4)16-24(32-5)18(2)14-29(19(3)17-34-23)15-20-9-11-33-12-10-20/h7-8,13,18-20,24H,6,9-12,14-17H2,1-5H3,(H,27,30)/t18-,19-,24-/m0/s1. The summed E-state index contributed by atoms with van der Waals surface area (Å²) in [5.41, 5.74) is 1.04. The first kappa shape index (κ1) is 26.4. The van der Waals surface area contributed by atoms with Gasteiger partial charge in [-0.25, -0.2) is 0 Å². The van der Waals surface area contributed by atoms with Crippen molar-refractivity contribution in [1.29, 1.82) is 0 Å². The monoisotopic (exact) mass is 475 g/mol. The fraction of sp³-hybridized carbons (Fsp3) is 0.692. The van der Waals surface area contributed by atoms with Crippen LogP contribution in [-0.2, 0) is 14.3 Å². The van der Waals surface area contributed by atoms with Crippen LogP contribution < -0.4 is 10.1 Å². The van der Waals surface area contributed by atoms with Crippen LogP contribution in [0.4, 0.5) is 5.69 Å². The molecule has 1 fully saturated rings. The molecular weight excluding hydrogens is 434 g/mol. The molecule has 2 aliphatic rings. The molecule has 2 aliphatic heterocycles. The summed E-state index contributed by atoms with van der Waals surface area (Å²) < 4.78 is 17.6. The maximum atomic E-state index is 13.4. The van der Waals surface area contributed by atoms with E-state index in [0.717, 1.165) is 39.1 Å². The van der Waals surface area contributed by atoms with Crippen molar-refractivity contribution >= 4 is 17.5 Å². The van der Waals surface area contributed by atoms with Crippen molar-refractivity contribution in [2.24, 2.45) is 11.8 Å². The van der Waals surface area contributed by atoms with Crippen molar-refractivity contribution in [2.75, 3.05) is 58.9 Å². The third-order valence-electron chi connectivity index (χ3n) is 7.01. The average Bonchev–Trinajstić information content (AvgIpc) is 2.85. The molecular formula is C26H41N3O5. The number of likely N-dealkylation sites (N-methyl/N-ethyl adjacent to an activating group) is 1.